The minimum Gasteiger partial charge on any atom is -0.395 e. The van der Waals surface area contributed by atoms with Gasteiger partial charge in [-0.2, -0.15) is 0 Å². The van der Waals surface area contributed by atoms with Crippen molar-refractivity contribution in [2.24, 2.45) is 5.41 Å². The Hall–Kier alpha value is 0.360. The normalized spacial score (nSPS) is 30.4. The van der Waals surface area contributed by atoms with E-state index >= 15 is 0 Å². The lowest BCUT2D eigenvalue weighted by Gasteiger charge is -2.44. The summed E-state index contributed by atoms with van der Waals surface area (Å²) < 4.78 is 5.48. The molecule has 0 aromatic carbocycles. The molecule has 100 valence electrons. The van der Waals surface area contributed by atoms with Crippen LogP contribution in [0.3, 0.4) is 0 Å². The van der Waals surface area contributed by atoms with E-state index in [2.05, 4.69) is 20.8 Å². The molecule has 0 saturated carbocycles. The van der Waals surface area contributed by atoms with Gasteiger partial charge in [0.05, 0.1) is 6.61 Å². The minimum absolute atomic E-state index is 0.314. The van der Waals surface area contributed by atoms with Crippen LogP contribution in [0.4, 0.5) is 0 Å². The zero-order valence-electron chi connectivity index (χ0n) is 10.5. The molecular weight excluding hydrogens is 282 g/mol. The molecule has 0 amide bonds. The summed E-state index contributed by atoms with van der Waals surface area (Å²) in [7, 11) is 0. The zero-order valence-corrected chi connectivity index (χ0v) is 12.1. The zero-order chi connectivity index (χ0) is 12.1. The second-order valence-electron chi connectivity index (χ2n) is 5.55. The molecule has 2 aliphatic rings. The van der Waals surface area contributed by atoms with Gasteiger partial charge in [-0.05, 0) is 37.6 Å². The molecule has 2 rings (SSSR count). The van der Waals surface area contributed by atoms with Gasteiger partial charge in [0.2, 0.25) is 0 Å². The molecule has 1 unspecified atom stereocenters. The summed E-state index contributed by atoms with van der Waals surface area (Å²) in [6.07, 6.45) is 6.00. The Kier molecular flexibility index (Phi) is 5.27. The molecule has 1 N–H and O–H groups in total. The van der Waals surface area contributed by atoms with Crippen LogP contribution in [-0.4, -0.2) is 54.3 Å². The van der Waals surface area contributed by atoms with E-state index in [1.807, 2.05) is 0 Å². The van der Waals surface area contributed by atoms with Gasteiger partial charge in [-0.1, -0.05) is 22.4 Å². The van der Waals surface area contributed by atoms with Crippen LogP contribution in [0.25, 0.3) is 0 Å². The van der Waals surface area contributed by atoms with Crippen molar-refractivity contribution < 1.29 is 9.84 Å². The van der Waals surface area contributed by atoms with Crippen molar-refractivity contribution in [1.29, 1.82) is 0 Å². The van der Waals surface area contributed by atoms with Crippen molar-refractivity contribution in [1.82, 2.24) is 4.90 Å². The first-order chi connectivity index (χ1) is 8.29. The Morgan fingerprint density at radius 1 is 1.29 bits per heavy atom. The SMILES string of the molecule is OCC1CCCCN1CC1(CBr)CCOCC1. The fourth-order valence-electron chi connectivity index (χ4n) is 3.04. The van der Waals surface area contributed by atoms with Gasteiger partial charge < -0.3 is 9.84 Å². The highest BCUT2D eigenvalue weighted by Gasteiger charge is 2.35. The average molecular weight is 306 g/mol. The quantitative estimate of drug-likeness (QED) is 0.807. The van der Waals surface area contributed by atoms with E-state index in [0.29, 0.717) is 18.1 Å². The molecule has 0 aromatic rings. The maximum absolute atomic E-state index is 9.47. The Balaban J connectivity index is 1.96. The highest BCUT2D eigenvalue weighted by molar-refractivity contribution is 9.09. The number of alkyl halides is 1. The number of nitrogens with zero attached hydrogens (tertiary/aromatic N) is 1. The van der Waals surface area contributed by atoms with E-state index in [1.54, 1.807) is 0 Å². The van der Waals surface area contributed by atoms with E-state index in [4.69, 9.17) is 4.74 Å². The smallest absolute Gasteiger partial charge is 0.0586 e. The van der Waals surface area contributed by atoms with E-state index < -0.39 is 0 Å². The lowest BCUT2D eigenvalue weighted by Crippen LogP contribution is -2.49. The molecule has 0 spiro atoms. The number of halogens is 1. The Morgan fingerprint density at radius 2 is 2.06 bits per heavy atom. The van der Waals surface area contributed by atoms with Gasteiger partial charge in [0.15, 0.2) is 0 Å². The fraction of sp³-hybridized carbons (Fsp3) is 1.00. The van der Waals surface area contributed by atoms with Gasteiger partial charge in [-0.15, -0.1) is 0 Å². The second kappa shape index (κ2) is 6.50. The number of hydrogen-bond acceptors (Lipinski definition) is 3. The van der Waals surface area contributed by atoms with Crippen LogP contribution in [0.2, 0.25) is 0 Å². The molecular formula is C13H24BrNO2. The van der Waals surface area contributed by atoms with Gasteiger partial charge in [0.1, 0.15) is 0 Å². The highest BCUT2D eigenvalue weighted by Crippen LogP contribution is 2.35. The number of likely N-dealkylation sites (tertiary alicyclic amines) is 1. The first-order valence-electron chi connectivity index (χ1n) is 6.78. The molecule has 2 saturated heterocycles. The maximum Gasteiger partial charge on any atom is 0.0586 e. The molecule has 0 bridgehead atoms. The lowest BCUT2D eigenvalue weighted by atomic mass is 9.81. The predicted octanol–water partition coefficient (Wildman–Crippen LogP) is 2.02. The van der Waals surface area contributed by atoms with Gasteiger partial charge in [0.25, 0.3) is 0 Å². The largest absolute Gasteiger partial charge is 0.395 e. The summed E-state index contributed by atoms with van der Waals surface area (Å²) in [4.78, 5) is 2.51. The highest BCUT2D eigenvalue weighted by atomic mass is 79.9. The lowest BCUT2D eigenvalue weighted by molar-refractivity contribution is -0.0128. The number of aliphatic hydroxyl groups excluding tert-OH is 1. The van der Waals surface area contributed by atoms with Gasteiger partial charge in [-0.25, -0.2) is 0 Å². The van der Waals surface area contributed by atoms with Gasteiger partial charge in [-0.3, -0.25) is 4.90 Å². The van der Waals surface area contributed by atoms with E-state index in [-0.39, 0.29) is 0 Å². The monoisotopic (exact) mass is 305 g/mol. The summed E-state index contributed by atoms with van der Waals surface area (Å²) in [5.74, 6) is 0. The predicted molar refractivity (Wildman–Crippen MR) is 72.6 cm³/mol. The molecule has 2 fully saturated rings. The summed E-state index contributed by atoms with van der Waals surface area (Å²) in [5, 5.41) is 10.5. The van der Waals surface area contributed by atoms with Gasteiger partial charge in [0, 0.05) is 31.1 Å². The summed E-state index contributed by atoms with van der Waals surface area (Å²) in [6, 6.07) is 0.391. The van der Waals surface area contributed by atoms with Crippen LogP contribution in [0.15, 0.2) is 0 Å². The van der Waals surface area contributed by atoms with Crippen molar-refractivity contribution >= 4 is 15.9 Å². The van der Waals surface area contributed by atoms with Crippen molar-refractivity contribution in [3.05, 3.63) is 0 Å². The number of piperidine rings is 1. The third-order valence-corrected chi connectivity index (χ3v) is 5.52. The number of ether oxygens (including phenoxy) is 1. The van der Waals surface area contributed by atoms with Crippen LogP contribution < -0.4 is 0 Å². The standard InChI is InChI=1S/C13H24BrNO2/c14-10-13(4-7-17-8-5-13)11-15-6-2-1-3-12(15)9-16/h12,16H,1-11H2. The van der Waals surface area contributed by atoms with Crippen LogP contribution in [0, 0.1) is 5.41 Å². The minimum atomic E-state index is 0.314. The number of aliphatic hydroxyl groups is 1. The number of rotatable bonds is 4. The average Bonchev–Trinajstić information content (AvgIpc) is 2.40. The van der Waals surface area contributed by atoms with E-state index in [1.165, 1.54) is 12.8 Å². The maximum atomic E-state index is 9.47. The third kappa shape index (κ3) is 3.43. The molecule has 4 heteroatoms. The van der Waals surface area contributed by atoms with Gasteiger partial charge >= 0.3 is 0 Å². The van der Waals surface area contributed by atoms with Crippen molar-refractivity contribution in [3.8, 4) is 0 Å². The van der Waals surface area contributed by atoms with E-state index in [9.17, 15) is 5.11 Å². The molecule has 3 nitrogen and oxygen atoms in total. The molecule has 0 radical (unpaired) electrons. The van der Waals surface area contributed by atoms with Crippen LogP contribution in [-0.2, 0) is 4.74 Å². The van der Waals surface area contributed by atoms with Crippen LogP contribution in [0.5, 0.6) is 0 Å². The van der Waals surface area contributed by atoms with E-state index in [0.717, 1.165) is 50.9 Å². The molecule has 0 aromatic heterocycles. The molecule has 17 heavy (non-hydrogen) atoms. The first kappa shape index (κ1) is 13.8. The first-order valence-corrected chi connectivity index (χ1v) is 7.90. The van der Waals surface area contributed by atoms with Crippen molar-refractivity contribution in [2.75, 3.05) is 38.2 Å². The Bertz CT molecular complexity index is 231. The Labute approximate surface area is 113 Å². The molecule has 1 atom stereocenters. The number of hydrogen-bond donors (Lipinski definition) is 1. The second-order valence-corrected chi connectivity index (χ2v) is 6.11. The molecule has 2 heterocycles. The third-order valence-electron chi connectivity index (χ3n) is 4.34. The van der Waals surface area contributed by atoms with Crippen molar-refractivity contribution in [3.63, 3.8) is 0 Å². The van der Waals surface area contributed by atoms with Crippen LogP contribution >= 0.6 is 15.9 Å². The summed E-state index contributed by atoms with van der Waals surface area (Å²) in [5.41, 5.74) is 0.364. The topological polar surface area (TPSA) is 32.7 Å². The summed E-state index contributed by atoms with van der Waals surface area (Å²) in [6.45, 7) is 4.37. The summed E-state index contributed by atoms with van der Waals surface area (Å²) >= 11 is 3.69. The fourth-order valence-corrected chi connectivity index (χ4v) is 3.78. The molecule has 0 aliphatic carbocycles. The van der Waals surface area contributed by atoms with Crippen LogP contribution in [0.1, 0.15) is 32.1 Å². The Morgan fingerprint density at radius 3 is 2.71 bits per heavy atom. The molecule has 2 aliphatic heterocycles. The van der Waals surface area contributed by atoms with Crippen molar-refractivity contribution in [2.45, 2.75) is 38.1 Å².